The van der Waals surface area contributed by atoms with Gasteiger partial charge in [0.1, 0.15) is 11.3 Å². The maximum Gasteiger partial charge on any atom is 0.226 e. The maximum absolute atomic E-state index is 6.06. The lowest BCUT2D eigenvalue weighted by atomic mass is 10.1. The molecule has 28 heavy (non-hydrogen) atoms. The molecule has 4 heteroatoms. The number of benzene rings is 2. The first-order chi connectivity index (χ1) is 13.8. The first-order valence-corrected chi connectivity index (χ1v) is 10.0. The maximum atomic E-state index is 6.06. The van der Waals surface area contributed by atoms with Crippen molar-refractivity contribution in [1.29, 1.82) is 0 Å². The minimum atomic E-state index is 0.642. The highest BCUT2D eigenvalue weighted by molar-refractivity contribution is 5.83. The Kier molecular flexibility index (Phi) is 4.49. The zero-order valence-corrected chi connectivity index (χ0v) is 16.1. The number of nitrogens with zero attached hydrogens (tertiary/aromatic N) is 2. The van der Waals surface area contributed by atoms with Crippen molar-refractivity contribution in [2.75, 3.05) is 13.1 Å². The lowest BCUT2D eigenvalue weighted by molar-refractivity contribution is 0.266. The molecule has 4 nitrogen and oxygen atoms in total. The van der Waals surface area contributed by atoms with Gasteiger partial charge >= 0.3 is 0 Å². The molecule has 1 aliphatic heterocycles. The summed E-state index contributed by atoms with van der Waals surface area (Å²) in [5.41, 5.74) is 2.93. The second-order valence-electron chi connectivity index (χ2n) is 7.64. The summed E-state index contributed by atoms with van der Waals surface area (Å²) in [6, 6.07) is 19.0. The van der Waals surface area contributed by atoms with Crippen LogP contribution in [0.25, 0.3) is 33.7 Å². The van der Waals surface area contributed by atoms with Gasteiger partial charge in [0.05, 0.1) is 6.20 Å². The van der Waals surface area contributed by atoms with Crippen LogP contribution < -0.4 is 0 Å². The molecular weight excluding hydrogens is 348 g/mol. The zero-order valence-electron chi connectivity index (χ0n) is 16.1. The van der Waals surface area contributed by atoms with Crippen LogP contribution in [0.2, 0.25) is 0 Å². The Morgan fingerprint density at radius 1 is 1.04 bits per heavy atom. The van der Waals surface area contributed by atoms with Crippen LogP contribution in [0.4, 0.5) is 0 Å². The lowest BCUT2D eigenvalue weighted by Crippen LogP contribution is -2.28. The van der Waals surface area contributed by atoms with Crippen LogP contribution in [0.15, 0.2) is 69.6 Å². The van der Waals surface area contributed by atoms with Crippen molar-refractivity contribution in [2.24, 2.45) is 0 Å². The van der Waals surface area contributed by atoms with Crippen molar-refractivity contribution < 1.29 is 8.83 Å². The van der Waals surface area contributed by atoms with Crippen molar-refractivity contribution in [3.8, 4) is 22.8 Å². The van der Waals surface area contributed by atoms with Gasteiger partial charge in [0, 0.05) is 35.5 Å². The number of hydrogen-bond acceptors (Lipinski definition) is 4. The van der Waals surface area contributed by atoms with Crippen LogP contribution in [-0.4, -0.2) is 29.0 Å². The van der Waals surface area contributed by atoms with Crippen molar-refractivity contribution in [3.05, 3.63) is 66.6 Å². The molecular formula is C24H24N2O2. The van der Waals surface area contributed by atoms with Gasteiger partial charge in [0.2, 0.25) is 5.89 Å². The van der Waals surface area contributed by atoms with Gasteiger partial charge in [-0.15, -0.1) is 0 Å². The molecule has 5 rings (SSSR count). The monoisotopic (exact) mass is 372 g/mol. The average Bonchev–Trinajstić information content (AvgIpc) is 3.46. The molecule has 1 saturated heterocycles. The van der Waals surface area contributed by atoms with Crippen molar-refractivity contribution in [3.63, 3.8) is 0 Å². The Balaban J connectivity index is 1.36. The average molecular weight is 372 g/mol. The normalized spacial score (nSPS) is 17.5. The highest BCUT2D eigenvalue weighted by Crippen LogP contribution is 2.30. The molecule has 1 fully saturated rings. The highest BCUT2D eigenvalue weighted by atomic mass is 16.4. The predicted octanol–water partition coefficient (Wildman–Crippen LogP) is 5.78. The Morgan fingerprint density at radius 2 is 1.93 bits per heavy atom. The molecule has 0 N–H and O–H groups in total. The van der Waals surface area contributed by atoms with Gasteiger partial charge in [-0.2, -0.15) is 0 Å². The van der Waals surface area contributed by atoms with E-state index >= 15 is 0 Å². The SMILES string of the molecule is C[C@@H]1CCCN1CCc1cc2cc(-c3cnc(-c4ccccc4)o3)ccc2o1. The third-order valence-corrected chi connectivity index (χ3v) is 5.71. The molecule has 0 aliphatic carbocycles. The third-order valence-electron chi connectivity index (χ3n) is 5.71. The van der Waals surface area contributed by atoms with E-state index in [1.807, 2.05) is 42.5 Å². The molecule has 2 aromatic carbocycles. The smallest absolute Gasteiger partial charge is 0.226 e. The minimum Gasteiger partial charge on any atom is -0.461 e. The number of furan rings is 1. The third kappa shape index (κ3) is 3.36. The van der Waals surface area contributed by atoms with Crippen LogP contribution in [0.1, 0.15) is 25.5 Å². The van der Waals surface area contributed by atoms with E-state index in [9.17, 15) is 0 Å². The molecule has 3 heterocycles. The van der Waals surface area contributed by atoms with Crippen LogP contribution >= 0.6 is 0 Å². The summed E-state index contributed by atoms with van der Waals surface area (Å²) in [6.45, 7) is 4.59. The van der Waals surface area contributed by atoms with Crippen LogP contribution in [-0.2, 0) is 6.42 Å². The molecule has 1 atom stereocenters. The Hall–Kier alpha value is -2.85. The number of rotatable bonds is 5. The molecule has 2 aromatic heterocycles. The van der Waals surface area contributed by atoms with E-state index in [4.69, 9.17) is 8.83 Å². The van der Waals surface area contributed by atoms with Gasteiger partial charge in [-0.25, -0.2) is 4.98 Å². The van der Waals surface area contributed by atoms with Gasteiger partial charge in [0.15, 0.2) is 5.76 Å². The number of hydrogen-bond donors (Lipinski definition) is 0. The van der Waals surface area contributed by atoms with E-state index in [-0.39, 0.29) is 0 Å². The second-order valence-corrected chi connectivity index (χ2v) is 7.64. The van der Waals surface area contributed by atoms with Gasteiger partial charge < -0.3 is 13.7 Å². The minimum absolute atomic E-state index is 0.642. The largest absolute Gasteiger partial charge is 0.461 e. The van der Waals surface area contributed by atoms with E-state index in [1.54, 1.807) is 6.20 Å². The fourth-order valence-corrected chi connectivity index (χ4v) is 4.08. The van der Waals surface area contributed by atoms with Gasteiger partial charge in [-0.3, -0.25) is 0 Å². The quantitative estimate of drug-likeness (QED) is 0.445. The van der Waals surface area contributed by atoms with Crippen molar-refractivity contribution in [2.45, 2.75) is 32.2 Å². The summed E-state index contributed by atoms with van der Waals surface area (Å²) in [5, 5.41) is 1.11. The molecule has 0 saturated carbocycles. The summed E-state index contributed by atoms with van der Waals surface area (Å²) in [7, 11) is 0. The first kappa shape index (κ1) is 17.3. The summed E-state index contributed by atoms with van der Waals surface area (Å²) in [4.78, 5) is 6.99. The molecule has 0 radical (unpaired) electrons. The molecule has 4 aromatic rings. The number of oxazole rings is 1. The molecule has 142 valence electrons. The van der Waals surface area contributed by atoms with E-state index in [0.717, 1.165) is 46.6 Å². The Bertz CT molecular complexity index is 1080. The lowest BCUT2D eigenvalue weighted by Gasteiger charge is -2.19. The first-order valence-electron chi connectivity index (χ1n) is 10.0. The zero-order chi connectivity index (χ0) is 18.9. The summed E-state index contributed by atoms with van der Waals surface area (Å²) >= 11 is 0. The van der Waals surface area contributed by atoms with Crippen molar-refractivity contribution in [1.82, 2.24) is 9.88 Å². The number of aromatic nitrogens is 1. The summed E-state index contributed by atoms with van der Waals surface area (Å²) in [6.07, 6.45) is 5.37. The van der Waals surface area contributed by atoms with E-state index in [2.05, 4.69) is 28.9 Å². The second kappa shape index (κ2) is 7.28. The molecule has 0 unspecified atom stereocenters. The van der Waals surface area contributed by atoms with Crippen LogP contribution in [0, 0.1) is 0 Å². The van der Waals surface area contributed by atoms with Crippen LogP contribution in [0.5, 0.6) is 0 Å². The number of fused-ring (bicyclic) bond motifs is 1. The van der Waals surface area contributed by atoms with Crippen LogP contribution in [0.3, 0.4) is 0 Å². The summed E-state index contributed by atoms with van der Waals surface area (Å²) in [5.74, 6) is 2.46. The van der Waals surface area contributed by atoms with E-state index < -0.39 is 0 Å². The fourth-order valence-electron chi connectivity index (χ4n) is 4.08. The molecule has 0 spiro atoms. The Morgan fingerprint density at radius 3 is 2.75 bits per heavy atom. The fraction of sp³-hybridized carbons (Fsp3) is 0.292. The topological polar surface area (TPSA) is 42.4 Å². The molecule has 0 amide bonds. The molecule has 1 aliphatic rings. The van der Waals surface area contributed by atoms with E-state index in [1.165, 1.54) is 19.4 Å². The van der Waals surface area contributed by atoms with Crippen molar-refractivity contribution >= 4 is 11.0 Å². The highest BCUT2D eigenvalue weighted by Gasteiger charge is 2.20. The van der Waals surface area contributed by atoms with Gasteiger partial charge in [-0.1, -0.05) is 18.2 Å². The van der Waals surface area contributed by atoms with Gasteiger partial charge in [0.25, 0.3) is 0 Å². The number of likely N-dealkylation sites (tertiary alicyclic amines) is 1. The van der Waals surface area contributed by atoms with E-state index in [0.29, 0.717) is 11.9 Å². The summed E-state index contributed by atoms with van der Waals surface area (Å²) < 4.78 is 12.0. The Labute approximate surface area is 164 Å². The van der Waals surface area contributed by atoms with Gasteiger partial charge in [-0.05, 0) is 62.7 Å². The predicted molar refractivity (Wildman–Crippen MR) is 111 cm³/mol. The standard InChI is InChI=1S/C24H24N2O2/c1-17-6-5-12-26(17)13-11-21-15-20-14-19(9-10-22(20)27-21)23-16-25-24(28-23)18-7-3-2-4-8-18/h2-4,7-10,14-17H,5-6,11-13H2,1H3/t17-/m1/s1. The molecule has 0 bridgehead atoms.